The molecule has 0 spiro atoms. The van der Waals surface area contributed by atoms with Crippen molar-refractivity contribution in [3.63, 3.8) is 0 Å². The van der Waals surface area contributed by atoms with Crippen LogP contribution in [0.15, 0.2) is 160 Å². The zero-order chi connectivity index (χ0) is 29.5. The van der Waals surface area contributed by atoms with E-state index in [9.17, 15) is 0 Å². The van der Waals surface area contributed by atoms with Gasteiger partial charge in [0.2, 0.25) is 0 Å². The Bertz CT molecular complexity index is 2760. The monoisotopic (exact) mass is 575 g/mol. The van der Waals surface area contributed by atoms with Crippen molar-refractivity contribution in [2.24, 2.45) is 0 Å². The highest BCUT2D eigenvalue weighted by molar-refractivity contribution is 6.17. The summed E-state index contributed by atoms with van der Waals surface area (Å²) in [5.74, 6) is 0. The quantitative estimate of drug-likeness (QED) is 0.210. The summed E-state index contributed by atoms with van der Waals surface area (Å²) in [5.41, 5.74) is 11.6. The van der Waals surface area contributed by atoms with E-state index in [2.05, 4.69) is 144 Å². The molecule has 0 fully saturated rings. The van der Waals surface area contributed by atoms with E-state index in [4.69, 9.17) is 8.83 Å². The van der Waals surface area contributed by atoms with Crippen molar-refractivity contribution in [3.8, 4) is 27.9 Å². The van der Waals surface area contributed by atoms with Crippen LogP contribution in [-0.4, -0.2) is 4.57 Å². The molecule has 0 N–H and O–H groups in total. The molecule has 10 aromatic rings. The van der Waals surface area contributed by atoms with Gasteiger partial charge in [0, 0.05) is 32.3 Å². The molecule has 0 saturated carbocycles. The fraction of sp³-hybridized carbons (Fsp3) is 0. The van der Waals surface area contributed by atoms with Crippen molar-refractivity contribution in [1.82, 2.24) is 4.57 Å². The second-order valence-electron chi connectivity index (χ2n) is 11.7. The van der Waals surface area contributed by atoms with Crippen molar-refractivity contribution >= 4 is 65.7 Å². The van der Waals surface area contributed by atoms with E-state index in [1.807, 2.05) is 12.1 Å². The lowest BCUT2D eigenvalue weighted by Gasteiger charge is -2.10. The van der Waals surface area contributed by atoms with Crippen LogP contribution < -0.4 is 0 Å². The first-order valence-electron chi connectivity index (χ1n) is 15.3. The molecule has 0 amide bonds. The Morgan fingerprint density at radius 1 is 0.378 bits per heavy atom. The number of fused-ring (bicyclic) bond motifs is 9. The van der Waals surface area contributed by atoms with Gasteiger partial charge in [-0.1, -0.05) is 109 Å². The van der Waals surface area contributed by atoms with Crippen molar-refractivity contribution in [2.75, 3.05) is 0 Å². The topological polar surface area (TPSA) is 31.2 Å². The highest BCUT2D eigenvalue weighted by atomic mass is 16.3. The van der Waals surface area contributed by atoms with Gasteiger partial charge in [-0.15, -0.1) is 0 Å². The maximum absolute atomic E-state index is 6.79. The number of hydrogen-bond donors (Lipinski definition) is 0. The summed E-state index contributed by atoms with van der Waals surface area (Å²) in [4.78, 5) is 0. The molecule has 0 atom stereocenters. The average molecular weight is 576 g/mol. The highest BCUT2D eigenvalue weighted by Crippen LogP contribution is 2.42. The zero-order valence-corrected chi connectivity index (χ0v) is 24.2. The second-order valence-corrected chi connectivity index (χ2v) is 11.7. The Hall–Kier alpha value is -6.06. The number of rotatable bonds is 3. The minimum atomic E-state index is 0.873. The van der Waals surface area contributed by atoms with Gasteiger partial charge in [-0.3, -0.25) is 0 Å². The van der Waals surface area contributed by atoms with Crippen molar-refractivity contribution in [2.45, 2.75) is 0 Å². The smallest absolute Gasteiger partial charge is 0.159 e. The fourth-order valence-corrected chi connectivity index (χ4v) is 7.18. The summed E-state index contributed by atoms with van der Waals surface area (Å²) in [6.07, 6.45) is 0. The maximum atomic E-state index is 6.79. The van der Waals surface area contributed by atoms with Crippen LogP contribution in [-0.2, 0) is 0 Å². The summed E-state index contributed by atoms with van der Waals surface area (Å²) in [7, 11) is 0. The maximum Gasteiger partial charge on any atom is 0.159 e. The van der Waals surface area contributed by atoms with E-state index in [1.165, 1.54) is 21.9 Å². The number of nitrogens with zero attached hydrogens (tertiary/aromatic N) is 1. The van der Waals surface area contributed by atoms with Crippen LogP contribution in [0, 0.1) is 0 Å². The number of hydrogen-bond acceptors (Lipinski definition) is 2. The molecule has 0 unspecified atom stereocenters. The van der Waals surface area contributed by atoms with Crippen LogP contribution in [0.2, 0.25) is 0 Å². The minimum absolute atomic E-state index is 0.873. The molecular weight excluding hydrogens is 550 g/mol. The molecule has 0 bridgehead atoms. The lowest BCUT2D eigenvalue weighted by Crippen LogP contribution is -1.94. The first-order chi connectivity index (χ1) is 22.3. The molecule has 3 heteroatoms. The fourth-order valence-electron chi connectivity index (χ4n) is 7.18. The van der Waals surface area contributed by atoms with Crippen LogP contribution >= 0.6 is 0 Å². The molecule has 3 aromatic heterocycles. The third-order valence-corrected chi connectivity index (χ3v) is 9.21. The highest BCUT2D eigenvalue weighted by Gasteiger charge is 2.20. The average Bonchev–Trinajstić information content (AvgIpc) is 3.77. The van der Waals surface area contributed by atoms with Crippen molar-refractivity contribution in [1.29, 1.82) is 0 Å². The SMILES string of the molecule is c1ccc(-c2ccc3c4ccccc4n(-c4cccc5c4oc4cccc(-c6ccc7oc8ccccc8c7c6)c45)c3c2)cc1. The van der Waals surface area contributed by atoms with E-state index in [1.54, 1.807) is 0 Å². The molecular formula is C42H25NO2. The first kappa shape index (κ1) is 24.4. The van der Waals surface area contributed by atoms with Crippen LogP contribution in [0.25, 0.3) is 93.6 Å². The Balaban J connectivity index is 1.25. The van der Waals surface area contributed by atoms with E-state index in [-0.39, 0.29) is 0 Å². The minimum Gasteiger partial charge on any atom is -0.456 e. The summed E-state index contributed by atoms with van der Waals surface area (Å²) in [5, 5.41) is 6.91. The summed E-state index contributed by atoms with van der Waals surface area (Å²) < 4.78 is 15.3. The van der Waals surface area contributed by atoms with Gasteiger partial charge in [0.25, 0.3) is 0 Å². The van der Waals surface area contributed by atoms with Crippen LogP contribution in [0.4, 0.5) is 0 Å². The summed E-state index contributed by atoms with van der Waals surface area (Å²) in [6, 6.07) is 53.6. The molecule has 0 aliphatic rings. The Morgan fingerprint density at radius 2 is 1.09 bits per heavy atom. The molecule has 45 heavy (non-hydrogen) atoms. The molecule has 210 valence electrons. The van der Waals surface area contributed by atoms with Crippen LogP contribution in [0.1, 0.15) is 0 Å². The van der Waals surface area contributed by atoms with E-state index in [0.29, 0.717) is 0 Å². The molecule has 0 aliphatic carbocycles. The Morgan fingerprint density at radius 3 is 2.02 bits per heavy atom. The Kier molecular flexibility index (Phi) is 5.00. The Labute approximate surface area is 258 Å². The number of para-hydroxylation sites is 3. The van der Waals surface area contributed by atoms with E-state index >= 15 is 0 Å². The normalized spacial score (nSPS) is 12.0. The molecule has 3 heterocycles. The lowest BCUT2D eigenvalue weighted by atomic mass is 9.98. The lowest BCUT2D eigenvalue weighted by molar-refractivity contribution is 0.666. The molecule has 7 aromatic carbocycles. The standard InChI is InChI=1S/C42H25NO2/c1-2-10-26(11-3-1)27-20-22-31-30-12-4-6-16-35(30)43(37(31)25-27)36-17-8-15-33-41-29(14-9-19-40(41)45-42(33)36)28-21-23-39-34(24-28)32-13-5-7-18-38(32)44-39/h1-25H. The van der Waals surface area contributed by atoms with Crippen LogP contribution in [0.5, 0.6) is 0 Å². The van der Waals surface area contributed by atoms with Gasteiger partial charge < -0.3 is 13.4 Å². The summed E-state index contributed by atoms with van der Waals surface area (Å²) >= 11 is 0. The van der Waals surface area contributed by atoms with Crippen LogP contribution in [0.3, 0.4) is 0 Å². The van der Waals surface area contributed by atoms with Gasteiger partial charge in [0.1, 0.15) is 16.7 Å². The molecule has 0 saturated heterocycles. The van der Waals surface area contributed by atoms with Crippen molar-refractivity contribution in [3.05, 3.63) is 152 Å². The van der Waals surface area contributed by atoms with E-state index in [0.717, 1.165) is 71.7 Å². The number of furan rings is 2. The largest absolute Gasteiger partial charge is 0.456 e. The number of aromatic nitrogens is 1. The van der Waals surface area contributed by atoms with E-state index < -0.39 is 0 Å². The zero-order valence-electron chi connectivity index (χ0n) is 24.2. The van der Waals surface area contributed by atoms with Gasteiger partial charge in [0.15, 0.2) is 5.58 Å². The first-order valence-corrected chi connectivity index (χ1v) is 15.3. The number of benzene rings is 7. The van der Waals surface area contributed by atoms with Gasteiger partial charge in [0.05, 0.1) is 16.7 Å². The molecule has 0 radical (unpaired) electrons. The van der Waals surface area contributed by atoms with Gasteiger partial charge in [-0.25, -0.2) is 0 Å². The third-order valence-electron chi connectivity index (χ3n) is 9.21. The van der Waals surface area contributed by atoms with Gasteiger partial charge >= 0.3 is 0 Å². The molecule has 10 rings (SSSR count). The predicted molar refractivity (Wildman–Crippen MR) is 186 cm³/mol. The third kappa shape index (κ3) is 3.52. The van der Waals surface area contributed by atoms with Gasteiger partial charge in [-0.05, 0) is 64.7 Å². The summed E-state index contributed by atoms with van der Waals surface area (Å²) in [6.45, 7) is 0. The second kappa shape index (κ2) is 9.22. The molecule has 3 nitrogen and oxygen atoms in total. The predicted octanol–water partition coefficient (Wildman–Crippen LogP) is 11.9. The molecule has 0 aliphatic heterocycles. The van der Waals surface area contributed by atoms with Crippen molar-refractivity contribution < 1.29 is 8.83 Å². The van der Waals surface area contributed by atoms with Gasteiger partial charge in [-0.2, -0.15) is 0 Å².